The van der Waals surface area contributed by atoms with Crippen molar-refractivity contribution in [2.45, 2.75) is 24.3 Å². The van der Waals surface area contributed by atoms with E-state index in [1.165, 1.54) is 16.4 Å². The molecule has 0 spiro atoms. The van der Waals surface area contributed by atoms with Crippen LogP contribution in [-0.4, -0.2) is 14.5 Å². The van der Waals surface area contributed by atoms with Gasteiger partial charge in [0.1, 0.15) is 4.90 Å². The molecular formula is C15H12Cl3NO2S. The molecule has 2 aromatic rings. The van der Waals surface area contributed by atoms with E-state index in [9.17, 15) is 8.42 Å². The lowest BCUT2D eigenvalue weighted by Crippen LogP contribution is -2.35. The number of hydrogen-bond acceptors (Lipinski definition) is 2. The summed E-state index contributed by atoms with van der Waals surface area (Å²) in [4.78, 5) is -0.0351. The number of halogens is 3. The Morgan fingerprint density at radius 2 is 1.68 bits per heavy atom. The van der Waals surface area contributed by atoms with E-state index in [0.29, 0.717) is 12.1 Å². The topological polar surface area (TPSA) is 37.4 Å². The first-order valence-corrected chi connectivity index (χ1v) is 9.16. The standard InChI is InChI=1S/C15H12Cl3NO2S/c1-9-6-10-4-2-3-5-14(10)19(9)22(20,21)15-8-12(17)11(16)7-13(15)18/h2-5,7-9H,6H2,1H3. The van der Waals surface area contributed by atoms with Gasteiger partial charge in [0, 0.05) is 6.04 Å². The van der Waals surface area contributed by atoms with Gasteiger partial charge in [-0.2, -0.15) is 0 Å². The molecule has 7 heteroatoms. The van der Waals surface area contributed by atoms with E-state index in [1.807, 2.05) is 25.1 Å². The van der Waals surface area contributed by atoms with Crippen molar-refractivity contribution in [2.75, 3.05) is 4.31 Å². The molecule has 1 aliphatic rings. The lowest BCUT2D eigenvalue weighted by molar-refractivity contribution is 0.584. The van der Waals surface area contributed by atoms with Gasteiger partial charge in [0.25, 0.3) is 10.0 Å². The van der Waals surface area contributed by atoms with Gasteiger partial charge in [0.2, 0.25) is 0 Å². The number of anilines is 1. The highest BCUT2D eigenvalue weighted by molar-refractivity contribution is 7.93. The van der Waals surface area contributed by atoms with Gasteiger partial charge in [-0.05, 0) is 37.1 Å². The van der Waals surface area contributed by atoms with Crippen molar-refractivity contribution in [2.24, 2.45) is 0 Å². The van der Waals surface area contributed by atoms with E-state index in [0.717, 1.165) is 5.56 Å². The van der Waals surface area contributed by atoms with Crippen molar-refractivity contribution >= 4 is 50.5 Å². The first kappa shape index (κ1) is 15.9. The zero-order chi connectivity index (χ0) is 16.1. The minimum Gasteiger partial charge on any atom is -0.263 e. The average Bonchev–Trinajstić information content (AvgIpc) is 2.79. The summed E-state index contributed by atoms with van der Waals surface area (Å²) in [5.74, 6) is 0. The molecule has 0 N–H and O–H groups in total. The summed E-state index contributed by atoms with van der Waals surface area (Å²) in [5, 5.41) is 0.441. The summed E-state index contributed by atoms with van der Waals surface area (Å²) in [7, 11) is -3.81. The Hall–Kier alpha value is -0.940. The molecular weight excluding hydrogens is 365 g/mol. The predicted molar refractivity (Wildman–Crippen MR) is 90.7 cm³/mol. The van der Waals surface area contributed by atoms with Gasteiger partial charge in [0.05, 0.1) is 20.8 Å². The number of nitrogens with zero attached hydrogens (tertiary/aromatic N) is 1. The highest BCUT2D eigenvalue weighted by atomic mass is 35.5. The Labute approximate surface area is 144 Å². The molecule has 22 heavy (non-hydrogen) atoms. The van der Waals surface area contributed by atoms with Crippen LogP contribution in [0, 0.1) is 0 Å². The summed E-state index contributed by atoms with van der Waals surface area (Å²) in [6.07, 6.45) is 0.661. The lowest BCUT2D eigenvalue weighted by Gasteiger charge is -2.25. The fraction of sp³-hybridized carbons (Fsp3) is 0.200. The predicted octanol–water partition coefficient (Wildman–Crippen LogP) is 4.79. The summed E-state index contributed by atoms with van der Waals surface area (Å²) >= 11 is 17.9. The molecule has 2 aromatic carbocycles. The summed E-state index contributed by atoms with van der Waals surface area (Å²) < 4.78 is 27.5. The number of hydrogen-bond donors (Lipinski definition) is 0. The van der Waals surface area contributed by atoms with Gasteiger partial charge in [-0.1, -0.05) is 53.0 Å². The monoisotopic (exact) mass is 375 g/mol. The fourth-order valence-corrected chi connectivity index (χ4v) is 5.38. The Morgan fingerprint density at radius 1 is 1.05 bits per heavy atom. The second kappa shape index (κ2) is 5.60. The lowest BCUT2D eigenvalue weighted by atomic mass is 10.1. The van der Waals surface area contributed by atoms with E-state index in [4.69, 9.17) is 34.8 Å². The largest absolute Gasteiger partial charge is 0.266 e. The Balaban J connectivity index is 2.17. The van der Waals surface area contributed by atoms with Crippen LogP contribution in [-0.2, 0) is 16.4 Å². The van der Waals surface area contributed by atoms with E-state index in [-0.39, 0.29) is 26.0 Å². The Morgan fingerprint density at radius 3 is 2.41 bits per heavy atom. The normalized spacial score (nSPS) is 17.6. The minimum atomic E-state index is -3.81. The van der Waals surface area contributed by atoms with Crippen LogP contribution in [0.4, 0.5) is 5.69 Å². The maximum atomic E-state index is 13.0. The molecule has 116 valence electrons. The number of para-hydroxylation sites is 1. The van der Waals surface area contributed by atoms with Crippen molar-refractivity contribution in [1.29, 1.82) is 0 Å². The molecule has 0 aliphatic carbocycles. The van der Waals surface area contributed by atoms with Gasteiger partial charge in [0.15, 0.2) is 0 Å². The Bertz CT molecular complexity index is 852. The van der Waals surface area contributed by atoms with Gasteiger partial charge in [-0.15, -0.1) is 0 Å². The van der Waals surface area contributed by atoms with Crippen molar-refractivity contribution in [3.8, 4) is 0 Å². The van der Waals surface area contributed by atoms with Crippen molar-refractivity contribution in [3.05, 3.63) is 57.0 Å². The number of fused-ring (bicyclic) bond motifs is 1. The van der Waals surface area contributed by atoms with Crippen LogP contribution in [0.5, 0.6) is 0 Å². The SMILES string of the molecule is CC1Cc2ccccc2N1S(=O)(=O)c1cc(Cl)c(Cl)cc1Cl. The molecule has 0 radical (unpaired) electrons. The van der Waals surface area contributed by atoms with Crippen molar-refractivity contribution in [3.63, 3.8) is 0 Å². The molecule has 3 nitrogen and oxygen atoms in total. The van der Waals surface area contributed by atoms with Crippen LogP contribution >= 0.6 is 34.8 Å². The van der Waals surface area contributed by atoms with Crippen LogP contribution in [0.15, 0.2) is 41.3 Å². The zero-order valence-corrected chi connectivity index (χ0v) is 14.6. The highest BCUT2D eigenvalue weighted by Gasteiger charge is 2.37. The third-order valence-electron chi connectivity index (χ3n) is 3.66. The summed E-state index contributed by atoms with van der Waals surface area (Å²) in [5.41, 5.74) is 1.67. The van der Waals surface area contributed by atoms with Crippen LogP contribution in [0.25, 0.3) is 0 Å². The van der Waals surface area contributed by atoms with Gasteiger partial charge >= 0.3 is 0 Å². The minimum absolute atomic E-state index is 0.0351. The average molecular weight is 377 g/mol. The number of benzene rings is 2. The molecule has 1 unspecified atom stereocenters. The number of rotatable bonds is 2. The second-order valence-corrected chi connectivity index (χ2v) is 8.18. The summed E-state index contributed by atoms with van der Waals surface area (Å²) in [6, 6.07) is 9.90. The summed E-state index contributed by atoms with van der Waals surface area (Å²) in [6.45, 7) is 1.86. The maximum Gasteiger partial charge on any atom is 0.266 e. The Kier molecular flexibility index (Phi) is 4.06. The van der Waals surface area contributed by atoms with Crippen LogP contribution < -0.4 is 4.31 Å². The van der Waals surface area contributed by atoms with E-state index < -0.39 is 10.0 Å². The molecule has 1 aliphatic heterocycles. The van der Waals surface area contributed by atoms with Crippen LogP contribution in [0.1, 0.15) is 12.5 Å². The molecule has 0 saturated heterocycles. The van der Waals surface area contributed by atoms with Gasteiger partial charge in [-0.3, -0.25) is 4.31 Å². The first-order valence-electron chi connectivity index (χ1n) is 6.59. The second-order valence-electron chi connectivity index (χ2n) is 5.18. The van der Waals surface area contributed by atoms with Gasteiger partial charge < -0.3 is 0 Å². The van der Waals surface area contributed by atoms with Crippen molar-refractivity contribution < 1.29 is 8.42 Å². The quantitative estimate of drug-likeness (QED) is 0.707. The molecule has 1 atom stereocenters. The number of sulfonamides is 1. The molecule has 0 amide bonds. The smallest absolute Gasteiger partial charge is 0.263 e. The van der Waals surface area contributed by atoms with Crippen LogP contribution in [0.3, 0.4) is 0 Å². The maximum absolute atomic E-state index is 13.0. The molecule has 0 fully saturated rings. The molecule has 1 heterocycles. The molecule has 0 aromatic heterocycles. The van der Waals surface area contributed by atoms with E-state index in [2.05, 4.69) is 0 Å². The van der Waals surface area contributed by atoms with Crippen molar-refractivity contribution in [1.82, 2.24) is 0 Å². The molecule has 0 saturated carbocycles. The highest BCUT2D eigenvalue weighted by Crippen LogP contribution is 2.39. The van der Waals surface area contributed by atoms with Gasteiger partial charge in [-0.25, -0.2) is 8.42 Å². The van der Waals surface area contributed by atoms with E-state index >= 15 is 0 Å². The molecule has 0 bridgehead atoms. The third kappa shape index (κ3) is 2.48. The first-order chi connectivity index (χ1) is 10.3. The fourth-order valence-electron chi connectivity index (χ4n) is 2.71. The zero-order valence-electron chi connectivity index (χ0n) is 11.6. The van der Waals surface area contributed by atoms with Crippen LogP contribution in [0.2, 0.25) is 15.1 Å². The molecule has 3 rings (SSSR count). The van der Waals surface area contributed by atoms with E-state index in [1.54, 1.807) is 6.07 Å². The third-order valence-corrected chi connectivity index (χ3v) is 6.77.